The van der Waals surface area contributed by atoms with Crippen LogP contribution in [0.1, 0.15) is 42.6 Å². The van der Waals surface area contributed by atoms with Crippen molar-refractivity contribution in [2.75, 3.05) is 20.1 Å². The van der Waals surface area contributed by atoms with Crippen molar-refractivity contribution in [1.29, 1.82) is 0 Å². The van der Waals surface area contributed by atoms with Crippen LogP contribution in [-0.2, 0) is 6.54 Å². The van der Waals surface area contributed by atoms with E-state index in [1.54, 1.807) is 0 Å². The Balaban J connectivity index is 1.65. The fraction of sp³-hybridized carbons (Fsp3) is 0.500. The second-order valence-corrected chi connectivity index (χ2v) is 6.57. The molecule has 0 saturated heterocycles. The van der Waals surface area contributed by atoms with Gasteiger partial charge in [0.25, 0.3) is 0 Å². The number of nitrogens with zero attached hydrogens (tertiary/aromatic N) is 3. The highest BCUT2D eigenvalue weighted by molar-refractivity contribution is 5.79. The van der Waals surface area contributed by atoms with Crippen LogP contribution in [0.2, 0.25) is 0 Å². The van der Waals surface area contributed by atoms with Crippen LogP contribution in [0.4, 0.5) is 0 Å². The lowest BCUT2D eigenvalue weighted by Crippen LogP contribution is -2.39. The van der Waals surface area contributed by atoms with Crippen LogP contribution in [0.15, 0.2) is 41.7 Å². The lowest BCUT2D eigenvalue weighted by Gasteiger charge is -2.16. The maximum absolute atomic E-state index is 4.31. The standard InChI is InChI=1S/C20H31N5/c1-16-7-9-19(10-8-16)17(2)15-24-20(21-4)23-11-5-6-13-25-14-12-22-18(25)3/h7-10,12,14,17H,5-6,11,13,15H2,1-4H3,(H2,21,23,24). The Morgan fingerprint density at radius 1 is 1.16 bits per heavy atom. The van der Waals surface area contributed by atoms with Crippen LogP contribution in [-0.4, -0.2) is 35.6 Å². The summed E-state index contributed by atoms with van der Waals surface area (Å²) in [5, 5.41) is 6.81. The number of unbranched alkanes of at least 4 members (excludes halogenated alkanes) is 1. The Hall–Kier alpha value is -2.30. The summed E-state index contributed by atoms with van der Waals surface area (Å²) in [5.41, 5.74) is 2.65. The normalized spacial score (nSPS) is 12.9. The lowest BCUT2D eigenvalue weighted by atomic mass is 10.0. The van der Waals surface area contributed by atoms with Gasteiger partial charge in [0.05, 0.1) is 0 Å². The average molecular weight is 342 g/mol. The second kappa shape index (κ2) is 9.87. The summed E-state index contributed by atoms with van der Waals surface area (Å²) < 4.78 is 2.19. The third-order valence-corrected chi connectivity index (χ3v) is 4.49. The molecule has 1 aromatic carbocycles. The van der Waals surface area contributed by atoms with Gasteiger partial charge in [-0.05, 0) is 38.2 Å². The Morgan fingerprint density at radius 3 is 2.56 bits per heavy atom. The molecule has 0 radical (unpaired) electrons. The molecule has 0 saturated carbocycles. The minimum absolute atomic E-state index is 0.448. The van der Waals surface area contributed by atoms with Gasteiger partial charge >= 0.3 is 0 Å². The molecule has 0 spiro atoms. The van der Waals surface area contributed by atoms with E-state index in [1.807, 2.05) is 26.4 Å². The van der Waals surface area contributed by atoms with Gasteiger partial charge in [0.1, 0.15) is 5.82 Å². The molecule has 5 heteroatoms. The summed E-state index contributed by atoms with van der Waals surface area (Å²) in [6, 6.07) is 8.74. The SMILES string of the molecule is CN=C(NCCCCn1ccnc1C)NCC(C)c1ccc(C)cc1. The first kappa shape index (κ1) is 19.0. The number of nitrogens with one attached hydrogen (secondary N) is 2. The predicted octanol–water partition coefficient (Wildman–Crippen LogP) is 3.25. The van der Waals surface area contributed by atoms with E-state index in [1.165, 1.54) is 11.1 Å². The van der Waals surface area contributed by atoms with Crippen molar-refractivity contribution >= 4 is 5.96 Å². The van der Waals surface area contributed by atoms with Crippen LogP contribution in [0.5, 0.6) is 0 Å². The molecule has 0 amide bonds. The van der Waals surface area contributed by atoms with Crippen molar-refractivity contribution in [2.45, 2.75) is 46.1 Å². The maximum Gasteiger partial charge on any atom is 0.190 e. The van der Waals surface area contributed by atoms with Gasteiger partial charge in [0, 0.05) is 39.1 Å². The fourth-order valence-electron chi connectivity index (χ4n) is 2.74. The molecule has 25 heavy (non-hydrogen) atoms. The van der Waals surface area contributed by atoms with E-state index in [0.717, 1.165) is 44.3 Å². The number of benzene rings is 1. The number of aromatic nitrogens is 2. The first-order valence-corrected chi connectivity index (χ1v) is 9.09. The molecule has 2 N–H and O–H groups in total. The zero-order valence-corrected chi connectivity index (χ0v) is 15.9. The van der Waals surface area contributed by atoms with E-state index in [9.17, 15) is 0 Å². The highest BCUT2D eigenvalue weighted by Gasteiger charge is 2.06. The van der Waals surface area contributed by atoms with Gasteiger partial charge < -0.3 is 15.2 Å². The maximum atomic E-state index is 4.31. The molecule has 1 unspecified atom stereocenters. The van der Waals surface area contributed by atoms with Crippen molar-refractivity contribution in [2.24, 2.45) is 4.99 Å². The van der Waals surface area contributed by atoms with Crippen molar-refractivity contribution in [1.82, 2.24) is 20.2 Å². The molecule has 2 rings (SSSR count). The number of hydrogen-bond acceptors (Lipinski definition) is 2. The van der Waals surface area contributed by atoms with Crippen LogP contribution in [0, 0.1) is 13.8 Å². The second-order valence-electron chi connectivity index (χ2n) is 6.57. The first-order valence-electron chi connectivity index (χ1n) is 9.09. The Morgan fingerprint density at radius 2 is 1.92 bits per heavy atom. The van der Waals surface area contributed by atoms with E-state index < -0.39 is 0 Å². The van der Waals surface area contributed by atoms with Gasteiger partial charge in [-0.3, -0.25) is 4.99 Å². The zero-order chi connectivity index (χ0) is 18.1. The number of imidazole rings is 1. The number of aliphatic imine (C=N–C) groups is 1. The van der Waals surface area contributed by atoms with Gasteiger partial charge in [-0.25, -0.2) is 4.98 Å². The summed E-state index contributed by atoms with van der Waals surface area (Å²) in [7, 11) is 1.82. The summed E-state index contributed by atoms with van der Waals surface area (Å²) in [6.45, 7) is 9.21. The lowest BCUT2D eigenvalue weighted by molar-refractivity contribution is 0.587. The summed E-state index contributed by atoms with van der Waals surface area (Å²) in [4.78, 5) is 8.55. The summed E-state index contributed by atoms with van der Waals surface area (Å²) in [5.74, 6) is 2.40. The molecule has 136 valence electrons. The molecule has 1 aromatic heterocycles. The van der Waals surface area contributed by atoms with Gasteiger partial charge in [-0.2, -0.15) is 0 Å². The molecule has 0 bridgehead atoms. The minimum Gasteiger partial charge on any atom is -0.356 e. The largest absolute Gasteiger partial charge is 0.356 e. The highest BCUT2D eigenvalue weighted by Crippen LogP contribution is 2.14. The Bertz CT molecular complexity index is 657. The molecule has 0 aliphatic rings. The summed E-state index contributed by atoms with van der Waals surface area (Å²) >= 11 is 0. The van der Waals surface area contributed by atoms with E-state index in [-0.39, 0.29) is 0 Å². The minimum atomic E-state index is 0.448. The molecule has 2 aromatic rings. The van der Waals surface area contributed by atoms with Gasteiger partial charge in [-0.1, -0.05) is 36.8 Å². The molecule has 0 fully saturated rings. The van der Waals surface area contributed by atoms with Crippen molar-refractivity contribution < 1.29 is 0 Å². The van der Waals surface area contributed by atoms with E-state index in [0.29, 0.717) is 5.92 Å². The summed E-state index contributed by atoms with van der Waals surface area (Å²) in [6.07, 6.45) is 6.12. The Kier molecular flexibility index (Phi) is 7.51. The predicted molar refractivity (Wildman–Crippen MR) is 105 cm³/mol. The molecule has 1 atom stereocenters. The van der Waals surface area contributed by atoms with Crippen LogP contribution >= 0.6 is 0 Å². The molecule has 0 aliphatic heterocycles. The number of aryl methyl sites for hydroxylation is 3. The van der Waals surface area contributed by atoms with E-state index in [4.69, 9.17) is 0 Å². The fourth-order valence-corrected chi connectivity index (χ4v) is 2.74. The van der Waals surface area contributed by atoms with Crippen molar-refractivity contribution in [3.63, 3.8) is 0 Å². The molecular formula is C20H31N5. The van der Waals surface area contributed by atoms with Crippen LogP contribution in [0.25, 0.3) is 0 Å². The molecule has 1 heterocycles. The number of guanidine groups is 1. The number of hydrogen-bond donors (Lipinski definition) is 2. The Labute approximate surface area is 151 Å². The topological polar surface area (TPSA) is 54.2 Å². The zero-order valence-electron chi connectivity index (χ0n) is 15.9. The van der Waals surface area contributed by atoms with Crippen molar-refractivity contribution in [3.05, 3.63) is 53.6 Å². The molecule has 0 aliphatic carbocycles. The van der Waals surface area contributed by atoms with Gasteiger partial charge in [0.15, 0.2) is 5.96 Å². The monoisotopic (exact) mass is 341 g/mol. The van der Waals surface area contributed by atoms with E-state index >= 15 is 0 Å². The van der Waals surface area contributed by atoms with Crippen molar-refractivity contribution in [3.8, 4) is 0 Å². The average Bonchev–Trinajstić information content (AvgIpc) is 3.02. The number of rotatable bonds is 8. The smallest absolute Gasteiger partial charge is 0.190 e. The van der Waals surface area contributed by atoms with E-state index in [2.05, 4.69) is 63.3 Å². The molecule has 5 nitrogen and oxygen atoms in total. The quantitative estimate of drug-likeness (QED) is 0.440. The molecular weight excluding hydrogens is 310 g/mol. The third-order valence-electron chi connectivity index (χ3n) is 4.49. The van der Waals surface area contributed by atoms with Crippen LogP contribution < -0.4 is 10.6 Å². The van der Waals surface area contributed by atoms with Crippen LogP contribution in [0.3, 0.4) is 0 Å². The first-order chi connectivity index (χ1) is 12.1. The van der Waals surface area contributed by atoms with Gasteiger partial charge in [0.2, 0.25) is 0 Å². The third kappa shape index (κ3) is 6.25. The van der Waals surface area contributed by atoms with Gasteiger partial charge in [-0.15, -0.1) is 0 Å². The highest BCUT2D eigenvalue weighted by atomic mass is 15.2.